The molecule has 1 aromatic rings. The molecule has 112 valence electrons. The fraction of sp³-hybridized carbons (Fsp3) is 0.625. The molecule has 0 saturated carbocycles. The molecule has 1 unspecified atom stereocenters. The van der Waals surface area contributed by atoms with Crippen molar-refractivity contribution >= 4 is 5.69 Å². The molecule has 3 nitrogen and oxygen atoms in total. The normalized spacial score (nSPS) is 18.6. The molecule has 1 aromatic carbocycles. The Morgan fingerprint density at radius 2 is 1.75 bits per heavy atom. The molecule has 0 amide bonds. The van der Waals surface area contributed by atoms with Crippen molar-refractivity contribution < 1.29 is 4.39 Å². The number of nitrogens with one attached hydrogen (secondary N) is 1. The van der Waals surface area contributed by atoms with Gasteiger partial charge in [-0.1, -0.05) is 6.07 Å². The van der Waals surface area contributed by atoms with Gasteiger partial charge in [-0.05, 0) is 40.0 Å². The summed E-state index contributed by atoms with van der Waals surface area (Å²) >= 11 is 0. The summed E-state index contributed by atoms with van der Waals surface area (Å²) < 4.78 is 14.2. The van der Waals surface area contributed by atoms with Gasteiger partial charge in [-0.3, -0.25) is 4.90 Å². The van der Waals surface area contributed by atoms with Crippen LogP contribution >= 0.6 is 0 Å². The molecule has 1 N–H and O–H groups in total. The van der Waals surface area contributed by atoms with Gasteiger partial charge < -0.3 is 10.2 Å². The van der Waals surface area contributed by atoms with Crippen LogP contribution in [0.25, 0.3) is 0 Å². The highest BCUT2D eigenvalue weighted by Gasteiger charge is 2.23. The first-order chi connectivity index (χ1) is 9.54. The monoisotopic (exact) mass is 279 g/mol. The van der Waals surface area contributed by atoms with Crippen LogP contribution in [0.1, 0.15) is 32.4 Å². The number of anilines is 1. The molecule has 0 aliphatic carbocycles. The Morgan fingerprint density at radius 3 is 2.30 bits per heavy atom. The zero-order valence-electron chi connectivity index (χ0n) is 13.0. The summed E-state index contributed by atoms with van der Waals surface area (Å²) in [5.74, 6) is -0.115. The van der Waals surface area contributed by atoms with E-state index in [9.17, 15) is 4.39 Å². The third-order valence-corrected chi connectivity index (χ3v) is 4.28. The number of benzene rings is 1. The van der Waals surface area contributed by atoms with Gasteiger partial charge in [0.25, 0.3) is 0 Å². The number of piperazine rings is 1. The van der Waals surface area contributed by atoms with Gasteiger partial charge in [0.15, 0.2) is 0 Å². The maximum atomic E-state index is 14.2. The molecule has 4 heteroatoms. The number of hydrogen-bond donors (Lipinski definition) is 1. The van der Waals surface area contributed by atoms with Crippen LogP contribution in [0.2, 0.25) is 0 Å². The zero-order valence-corrected chi connectivity index (χ0v) is 13.0. The summed E-state index contributed by atoms with van der Waals surface area (Å²) in [6.45, 7) is 10.5. The lowest BCUT2D eigenvalue weighted by atomic mass is 10.0. The molecule has 1 heterocycles. The van der Waals surface area contributed by atoms with Gasteiger partial charge >= 0.3 is 0 Å². The largest absolute Gasteiger partial charge is 0.369 e. The van der Waals surface area contributed by atoms with E-state index in [0.717, 1.165) is 37.4 Å². The third kappa shape index (κ3) is 3.13. The summed E-state index contributed by atoms with van der Waals surface area (Å²) in [5.41, 5.74) is 1.82. The van der Waals surface area contributed by atoms with E-state index < -0.39 is 0 Å². The minimum absolute atomic E-state index is 0.0225. The van der Waals surface area contributed by atoms with Crippen molar-refractivity contribution in [2.75, 3.05) is 38.1 Å². The first-order valence-corrected chi connectivity index (χ1v) is 7.49. The molecule has 1 aliphatic heterocycles. The highest BCUT2D eigenvalue weighted by atomic mass is 19.1. The Bertz CT molecular complexity index is 439. The predicted molar refractivity (Wildman–Crippen MR) is 82.8 cm³/mol. The van der Waals surface area contributed by atoms with E-state index >= 15 is 0 Å². The van der Waals surface area contributed by atoms with Gasteiger partial charge in [-0.15, -0.1) is 0 Å². The number of rotatable bonds is 4. The minimum atomic E-state index is -0.115. The maximum Gasteiger partial charge on any atom is 0.130 e. The van der Waals surface area contributed by atoms with Crippen molar-refractivity contribution in [3.05, 3.63) is 29.6 Å². The summed E-state index contributed by atoms with van der Waals surface area (Å²) in [6.07, 6.45) is 0. The fourth-order valence-corrected chi connectivity index (χ4v) is 2.85. The Labute approximate surface area is 121 Å². The molecule has 1 aliphatic rings. The first kappa shape index (κ1) is 15.3. The van der Waals surface area contributed by atoms with Crippen LogP contribution in [-0.2, 0) is 0 Å². The Kier molecular flexibility index (Phi) is 5.00. The highest BCUT2D eigenvalue weighted by Crippen LogP contribution is 2.29. The molecule has 1 saturated heterocycles. The van der Waals surface area contributed by atoms with E-state index in [0.29, 0.717) is 6.04 Å². The maximum absolute atomic E-state index is 14.2. The summed E-state index contributed by atoms with van der Waals surface area (Å²) in [6, 6.07) is 6.01. The van der Waals surface area contributed by atoms with Crippen molar-refractivity contribution in [3.8, 4) is 0 Å². The summed E-state index contributed by atoms with van der Waals surface area (Å²) in [5, 5.41) is 3.15. The molecule has 1 fully saturated rings. The molecular formula is C16H26FN3. The smallest absolute Gasteiger partial charge is 0.130 e. The lowest BCUT2D eigenvalue weighted by Gasteiger charge is -2.39. The van der Waals surface area contributed by atoms with Crippen LogP contribution in [0.3, 0.4) is 0 Å². The van der Waals surface area contributed by atoms with Gasteiger partial charge in [0.2, 0.25) is 0 Å². The van der Waals surface area contributed by atoms with Crippen molar-refractivity contribution in [2.24, 2.45) is 0 Å². The molecule has 1 atom stereocenters. The Morgan fingerprint density at radius 1 is 1.10 bits per heavy atom. The number of nitrogens with zero attached hydrogens (tertiary/aromatic N) is 2. The molecule has 0 aromatic heterocycles. The van der Waals surface area contributed by atoms with Crippen molar-refractivity contribution in [3.63, 3.8) is 0 Å². The van der Waals surface area contributed by atoms with E-state index in [2.05, 4.69) is 29.0 Å². The van der Waals surface area contributed by atoms with Crippen LogP contribution in [-0.4, -0.2) is 44.2 Å². The van der Waals surface area contributed by atoms with Crippen molar-refractivity contribution in [1.82, 2.24) is 10.2 Å². The standard InChI is InChI=1S/C16H26FN3/c1-12(2)19-8-10-20(11-9-19)15-7-5-6-14(17)16(15)13(3)18-4/h5-7,12-13,18H,8-11H2,1-4H3. The SMILES string of the molecule is CNC(C)c1c(F)cccc1N1CCN(C(C)C)CC1. The van der Waals surface area contributed by atoms with E-state index in [1.807, 2.05) is 26.1 Å². The van der Waals surface area contributed by atoms with E-state index in [1.165, 1.54) is 0 Å². The molecule has 2 rings (SSSR count). The average Bonchev–Trinajstić information content (AvgIpc) is 2.46. The summed E-state index contributed by atoms with van der Waals surface area (Å²) in [4.78, 5) is 4.78. The van der Waals surface area contributed by atoms with E-state index in [1.54, 1.807) is 6.07 Å². The second-order valence-electron chi connectivity index (χ2n) is 5.80. The van der Waals surface area contributed by atoms with Crippen LogP contribution in [0.5, 0.6) is 0 Å². The van der Waals surface area contributed by atoms with Crippen LogP contribution < -0.4 is 10.2 Å². The average molecular weight is 279 g/mol. The molecule has 0 spiro atoms. The molecule has 0 radical (unpaired) electrons. The fourth-order valence-electron chi connectivity index (χ4n) is 2.85. The van der Waals surface area contributed by atoms with Crippen LogP contribution in [0, 0.1) is 5.82 Å². The van der Waals surface area contributed by atoms with Gasteiger partial charge in [0.1, 0.15) is 5.82 Å². The Balaban J connectivity index is 2.20. The van der Waals surface area contributed by atoms with Crippen LogP contribution in [0.4, 0.5) is 10.1 Å². The van der Waals surface area contributed by atoms with Gasteiger partial charge in [0, 0.05) is 49.5 Å². The molecule has 20 heavy (non-hydrogen) atoms. The van der Waals surface area contributed by atoms with E-state index in [-0.39, 0.29) is 11.9 Å². The zero-order chi connectivity index (χ0) is 14.7. The minimum Gasteiger partial charge on any atom is -0.369 e. The lowest BCUT2D eigenvalue weighted by Crippen LogP contribution is -2.49. The van der Waals surface area contributed by atoms with Crippen molar-refractivity contribution in [2.45, 2.75) is 32.9 Å². The third-order valence-electron chi connectivity index (χ3n) is 4.28. The van der Waals surface area contributed by atoms with Gasteiger partial charge in [-0.2, -0.15) is 0 Å². The van der Waals surface area contributed by atoms with E-state index in [4.69, 9.17) is 0 Å². The van der Waals surface area contributed by atoms with Crippen LogP contribution in [0.15, 0.2) is 18.2 Å². The number of hydrogen-bond acceptors (Lipinski definition) is 3. The lowest BCUT2D eigenvalue weighted by molar-refractivity contribution is 0.209. The predicted octanol–water partition coefficient (Wildman–Crippen LogP) is 2.64. The molecular weight excluding hydrogens is 253 g/mol. The highest BCUT2D eigenvalue weighted by molar-refractivity contribution is 5.56. The van der Waals surface area contributed by atoms with Crippen molar-refractivity contribution in [1.29, 1.82) is 0 Å². The van der Waals surface area contributed by atoms with Gasteiger partial charge in [0.05, 0.1) is 0 Å². The second-order valence-corrected chi connectivity index (χ2v) is 5.80. The second kappa shape index (κ2) is 6.55. The Hall–Kier alpha value is -1.13. The first-order valence-electron chi connectivity index (χ1n) is 7.49. The quantitative estimate of drug-likeness (QED) is 0.914. The van der Waals surface area contributed by atoms with Gasteiger partial charge in [-0.25, -0.2) is 4.39 Å². The topological polar surface area (TPSA) is 18.5 Å². The molecule has 0 bridgehead atoms. The number of halogens is 1. The summed E-state index contributed by atoms with van der Waals surface area (Å²) in [7, 11) is 1.87.